The van der Waals surface area contributed by atoms with Crippen LogP contribution in [-0.4, -0.2) is 12.5 Å². The molecule has 1 amide bonds. The van der Waals surface area contributed by atoms with E-state index in [0.717, 1.165) is 6.54 Å². The van der Waals surface area contributed by atoms with Crippen molar-refractivity contribution < 1.29 is 4.79 Å². The normalized spacial score (nSPS) is 16.8. The second-order valence-corrected chi connectivity index (χ2v) is 5.20. The largest absolute Gasteiger partial charge is 0.368 e. The second-order valence-electron chi connectivity index (χ2n) is 4.35. The van der Waals surface area contributed by atoms with Crippen LogP contribution in [0.3, 0.4) is 0 Å². The summed E-state index contributed by atoms with van der Waals surface area (Å²) in [4.78, 5) is 11.4. The smallest absolute Gasteiger partial charge is 0.239 e. The van der Waals surface area contributed by atoms with Crippen molar-refractivity contribution in [3.05, 3.63) is 33.8 Å². The third kappa shape index (κ3) is 3.35. The number of nitrogens with one attached hydrogen (secondary N) is 1. The number of carbonyl (C=O) groups is 1. The molecule has 2 rings (SSSR count). The Hall–Kier alpha value is -0.770. The molecule has 3 nitrogen and oxygen atoms in total. The van der Waals surface area contributed by atoms with Gasteiger partial charge in [-0.25, -0.2) is 0 Å². The Bertz CT molecular complexity index is 433. The highest BCUT2D eigenvalue weighted by Crippen LogP contribution is 2.30. The molecule has 1 saturated carbocycles. The fraction of sp³-hybridized carbons (Fsp3) is 0.417. The summed E-state index contributed by atoms with van der Waals surface area (Å²) >= 11 is 11.9. The zero-order valence-corrected chi connectivity index (χ0v) is 10.8. The van der Waals surface area contributed by atoms with Crippen LogP contribution in [0.4, 0.5) is 0 Å². The molecule has 1 atom stereocenters. The SMILES string of the molecule is NC(=O)C(NCC1CC1)c1ccc(Cl)cc1Cl. The highest BCUT2D eigenvalue weighted by atomic mass is 35.5. The molecule has 0 aliphatic heterocycles. The quantitative estimate of drug-likeness (QED) is 0.866. The topological polar surface area (TPSA) is 55.1 Å². The first kappa shape index (κ1) is 12.7. The minimum Gasteiger partial charge on any atom is -0.368 e. The summed E-state index contributed by atoms with van der Waals surface area (Å²) < 4.78 is 0. The van der Waals surface area contributed by atoms with Gasteiger partial charge in [-0.1, -0.05) is 29.3 Å². The monoisotopic (exact) mass is 272 g/mol. The lowest BCUT2D eigenvalue weighted by atomic mass is 10.1. The van der Waals surface area contributed by atoms with Gasteiger partial charge < -0.3 is 11.1 Å². The average Bonchev–Trinajstić information content (AvgIpc) is 3.04. The minimum absolute atomic E-state index is 0.421. The molecule has 17 heavy (non-hydrogen) atoms. The van der Waals surface area contributed by atoms with Gasteiger partial charge in [-0.15, -0.1) is 0 Å². The first-order chi connectivity index (χ1) is 8.08. The second kappa shape index (κ2) is 5.25. The number of rotatable bonds is 5. The van der Waals surface area contributed by atoms with E-state index in [1.54, 1.807) is 18.2 Å². The average molecular weight is 273 g/mol. The van der Waals surface area contributed by atoms with E-state index in [-0.39, 0.29) is 0 Å². The van der Waals surface area contributed by atoms with Crippen LogP contribution in [0.1, 0.15) is 24.4 Å². The van der Waals surface area contributed by atoms with Gasteiger partial charge >= 0.3 is 0 Å². The molecule has 1 aromatic carbocycles. The van der Waals surface area contributed by atoms with Crippen LogP contribution < -0.4 is 11.1 Å². The molecule has 0 spiro atoms. The fourth-order valence-electron chi connectivity index (χ4n) is 1.71. The summed E-state index contributed by atoms with van der Waals surface area (Å²) in [6.45, 7) is 0.798. The standard InChI is InChI=1S/C12H14Cl2N2O/c13-8-3-4-9(10(14)5-8)11(12(15)17)16-6-7-1-2-7/h3-5,7,11,16H,1-2,6H2,(H2,15,17). The molecule has 5 heteroatoms. The maximum atomic E-state index is 11.4. The molecule has 3 N–H and O–H groups in total. The number of amides is 1. The lowest BCUT2D eigenvalue weighted by Gasteiger charge is -2.17. The molecule has 0 bridgehead atoms. The zero-order chi connectivity index (χ0) is 12.4. The van der Waals surface area contributed by atoms with Gasteiger partial charge in [0.15, 0.2) is 0 Å². The highest BCUT2D eigenvalue weighted by molar-refractivity contribution is 6.35. The summed E-state index contributed by atoms with van der Waals surface area (Å²) in [5.74, 6) is 0.248. The molecule has 0 aromatic heterocycles. The molecule has 1 aliphatic rings. The lowest BCUT2D eigenvalue weighted by Crippen LogP contribution is -2.35. The molecule has 1 fully saturated rings. The van der Waals surface area contributed by atoms with E-state index in [4.69, 9.17) is 28.9 Å². The Morgan fingerprint density at radius 3 is 2.71 bits per heavy atom. The summed E-state index contributed by atoms with van der Waals surface area (Å²) in [6.07, 6.45) is 2.43. The summed E-state index contributed by atoms with van der Waals surface area (Å²) in [7, 11) is 0. The van der Waals surface area contributed by atoms with Crippen molar-refractivity contribution in [1.29, 1.82) is 0 Å². The number of nitrogens with two attached hydrogens (primary N) is 1. The Labute approximate surface area is 110 Å². The predicted molar refractivity (Wildman–Crippen MR) is 69.1 cm³/mol. The van der Waals surface area contributed by atoms with Crippen LogP contribution in [0.25, 0.3) is 0 Å². The van der Waals surface area contributed by atoms with Gasteiger partial charge in [-0.05, 0) is 43.0 Å². The number of halogens is 2. The van der Waals surface area contributed by atoms with Crippen LogP contribution in [0, 0.1) is 5.92 Å². The number of primary amides is 1. The first-order valence-electron chi connectivity index (χ1n) is 5.55. The molecular formula is C12H14Cl2N2O. The van der Waals surface area contributed by atoms with Gasteiger partial charge in [-0.2, -0.15) is 0 Å². The fourth-order valence-corrected chi connectivity index (χ4v) is 2.22. The van der Waals surface area contributed by atoms with Gasteiger partial charge in [0, 0.05) is 10.0 Å². The lowest BCUT2D eigenvalue weighted by molar-refractivity contribution is -0.120. The van der Waals surface area contributed by atoms with E-state index in [1.807, 2.05) is 0 Å². The van der Waals surface area contributed by atoms with Gasteiger partial charge in [0.05, 0.1) is 0 Å². The van der Waals surface area contributed by atoms with E-state index in [2.05, 4.69) is 5.32 Å². The van der Waals surface area contributed by atoms with Gasteiger partial charge in [0.1, 0.15) is 6.04 Å². The van der Waals surface area contributed by atoms with Crippen LogP contribution >= 0.6 is 23.2 Å². The number of carbonyl (C=O) groups excluding carboxylic acids is 1. The highest BCUT2D eigenvalue weighted by Gasteiger charge is 2.25. The zero-order valence-electron chi connectivity index (χ0n) is 9.25. The van der Waals surface area contributed by atoms with E-state index in [0.29, 0.717) is 21.5 Å². The van der Waals surface area contributed by atoms with E-state index in [1.165, 1.54) is 12.8 Å². The van der Waals surface area contributed by atoms with E-state index in [9.17, 15) is 4.79 Å². The Kier molecular flexibility index (Phi) is 3.92. The predicted octanol–water partition coefficient (Wildman–Crippen LogP) is 2.52. The van der Waals surface area contributed by atoms with Gasteiger partial charge in [0.2, 0.25) is 5.91 Å². The van der Waals surface area contributed by atoms with Crippen molar-refractivity contribution in [3.8, 4) is 0 Å². The molecule has 1 unspecified atom stereocenters. The minimum atomic E-state index is -0.541. The van der Waals surface area contributed by atoms with Crippen molar-refractivity contribution in [2.75, 3.05) is 6.54 Å². The van der Waals surface area contributed by atoms with Crippen molar-refractivity contribution in [1.82, 2.24) is 5.32 Å². The van der Waals surface area contributed by atoms with Gasteiger partial charge in [-0.3, -0.25) is 4.79 Å². The Morgan fingerprint density at radius 1 is 1.47 bits per heavy atom. The van der Waals surface area contributed by atoms with Crippen molar-refractivity contribution in [2.45, 2.75) is 18.9 Å². The molecule has 1 aromatic rings. The van der Waals surface area contributed by atoms with Crippen molar-refractivity contribution >= 4 is 29.1 Å². The van der Waals surface area contributed by atoms with Crippen LogP contribution in [-0.2, 0) is 4.79 Å². The number of hydrogen-bond acceptors (Lipinski definition) is 2. The van der Waals surface area contributed by atoms with Crippen LogP contribution in [0.5, 0.6) is 0 Å². The van der Waals surface area contributed by atoms with Crippen LogP contribution in [0.15, 0.2) is 18.2 Å². The molecule has 0 radical (unpaired) electrons. The molecule has 0 saturated heterocycles. The van der Waals surface area contributed by atoms with Crippen LogP contribution in [0.2, 0.25) is 10.0 Å². The Morgan fingerprint density at radius 2 is 2.18 bits per heavy atom. The summed E-state index contributed by atoms with van der Waals surface area (Å²) in [5, 5.41) is 4.16. The molecule has 0 heterocycles. The number of hydrogen-bond donors (Lipinski definition) is 2. The number of benzene rings is 1. The van der Waals surface area contributed by atoms with Crippen molar-refractivity contribution in [3.63, 3.8) is 0 Å². The molecule has 92 valence electrons. The summed E-state index contributed by atoms with van der Waals surface area (Å²) in [5.41, 5.74) is 6.07. The summed E-state index contributed by atoms with van der Waals surface area (Å²) in [6, 6.07) is 4.52. The molecule has 1 aliphatic carbocycles. The third-order valence-corrected chi connectivity index (χ3v) is 3.43. The van der Waals surface area contributed by atoms with Crippen molar-refractivity contribution in [2.24, 2.45) is 11.7 Å². The third-order valence-electron chi connectivity index (χ3n) is 2.87. The van der Waals surface area contributed by atoms with E-state index >= 15 is 0 Å². The maximum absolute atomic E-state index is 11.4. The molecular weight excluding hydrogens is 259 g/mol. The first-order valence-corrected chi connectivity index (χ1v) is 6.31. The van der Waals surface area contributed by atoms with E-state index < -0.39 is 11.9 Å². The van der Waals surface area contributed by atoms with Gasteiger partial charge in [0.25, 0.3) is 0 Å². The maximum Gasteiger partial charge on any atom is 0.239 e. The Balaban J connectivity index is 2.15.